The number of carbonyl (C=O) groups is 8. The van der Waals surface area contributed by atoms with E-state index >= 15 is 0 Å². The van der Waals surface area contributed by atoms with Gasteiger partial charge in [0.15, 0.2) is 0 Å². The fourth-order valence-electron chi connectivity index (χ4n) is 10.9. The van der Waals surface area contributed by atoms with Crippen molar-refractivity contribution in [1.29, 1.82) is 0 Å². The molecule has 0 bridgehead atoms. The van der Waals surface area contributed by atoms with Crippen molar-refractivity contribution < 1.29 is 66.8 Å². The van der Waals surface area contributed by atoms with Crippen molar-refractivity contribution in [3.8, 4) is 11.5 Å². The fraction of sp³-hybridized carbons (Fsp3) is 0.692. The number of hydrogen-bond donors (Lipinski definition) is 2. The number of amides is 2. The summed E-state index contributed by atoms with van der Waals surface area (Å²) in [5.41, 5.74) is 1.27. The number of nitrogens with one attached hydrogen (secondary N) is 2. The van der Waals surface area contributed by atoms with Gasteiger partial charge in [-0.05, 0) is 155 Å². The molecule has 2 amide bonds. The molecule has 0 saturated carbocycles. The van der Waals surface area contributed by atoms with Crippen LogP contribution in [0, 0.1) is 0 Å². The van der Waals surface area contributed by atoms with Crippen LogP contribution in [0.2, 0.25) is 0 Å². The van der Waals surface area contributed by atoms with Crippen LogP contribution in [0.15, 0.2) is 72.8 Å². The summed E-state index contributed by atoms with van der Waals surface area (Å²) in [5.74, 6) is -3.26. The molecule has 0 aromatic heterocycles. The Bertz CT molecular complexity index is 2370. The standard InChI is InChI=1S/C78H126N4O14S2/c1-11-13-15-17-19-21-23-25-27-29-31-33-35-37-39-41-73(85)95-67-47-43-65(44-48-67)55-75(87)91-51-53-93-77(89)69(79-71(83)57-81(61(3)4)62(5)6)59-97-98-60-70(80-72(84)58-82(63(7)8)64(9)10)78(90)94-54-52-92-76(88)56-66-45-49-68(50-46-66)96-74(86)42-40-38-36-34-32-30-28-26-24-22-20-18-16-14-12-2/h25-28,43-50,61-64,69-70H,11-24,29-42,51-60H2,1-10H3,(H,79,83)(H,80,84)/b27-25-,28-26-. The van der Waals surface area contributed by atoms with E-state index in [0.29, 0.717) is 35.5 Å². The summed E-state index contributed by atoms with van der Waals surface area (Å²) in [6.45, 7) is 19.2. The average molecular weight is 1410 g/mol. The first-order valence-electron chi connectivity index (χ1n) is 37.1. The van der Waals surface area contributed by atoms with Gasteiger partial charge in [-0.1, -0.05) is 187 Å². The number of allylic oxidation sites excluding steroid dienone is 4. The number of unbranched alkanes of at least 4 members (excludes halogenated alkanes) is 22. The highest BCUT2D eigenvalue weighted by atomic mass is 33.1. The molecule has 0 heterocycles. The third kappa shape index (κ3) is 45.9. The van der Waals surface area contributed by atoms with Crippen molar-refractivity contribution in [2.75, 3.05) is 51.0 Å². The van der Waals surface area contributed by atoms with Crippen LogP contribution in [-0.4, -0.2) is 145 Å². The van der Waals surface area contributed by atoms with Gasteiger partial charge in [0.1, 0.15) is 50.0 Å². The highest BCUT2D eigenvalue weighted by Gasteiger charge is 2.29. The molecule has 98 heavy (non-hydrogen) atoms. The first-order chi connectivity index (χ1) is 47.2. The van der Waals surface area contributed by atoms with Crippen molar-refractivity contribution >= 4 is 69.2 Å². The second-order valence-corrected chi connectivity index (χ2v) is 29.1. The predicted octanol–water partition coefficient (Wildman–Crippen LogP) is 16.1. The summed E-state index contributed by atoms with van der Waals surface area (Å²) in [5, 5.41) is 5.61. The first kappa shape index (κ1) is 88.4. The van der Waals surface area contributed by atoms with Crippen LogP contribution in [0.4, 0.5) is 0 Å². The van der Waals surface area contributed by atoms with Gasteiger partial charge in [-0.25, -0.2) is 9.59 Å². The molecule has 0 aliphatic rings. The molecule has 2 rings (SSSR count). The van der Waals surface area contributed by atoms with Crippen LogP contribution in [0.3, 0.4) is 0 Å². The van der Waals surface area contributed by atoms with E-state index in [1.54, 1.807) is 48.5 Å². The summed E-state index contributed by atoms with van der Waals surface area (Å²) < 4.78 is 32.9. The molecule has 0 fully saturated rings. The van der Waals surface area contributed by atoms with Crippen molar-refractivity contribution in [1.82, 2.24) is 20.4 Å². The van der Waals surface area contributed by atoms with Gasteiger partial charge in [0.25, 0.3) is 0 Å². The lowest BCUT2D eigenvalue weighted by molar-refractivity contribution is -0.153. The second-order valence-electron chi connectivity index (χ2n) is 26.6. The van der Waals surface area contributed by atoms with E-state index in [1.165, 1.54) is 111 Å². The highest BCUT2D eigenvalue weighted by Crippen LogP contribution is 2.25. The SMILES string of the molecule is CCCCCCCC/C=C\CCCCCCCC(=O)Oc1ccc(CC(=O)OCCOC(=O)C(CSSCC(NC(=O)CN(C(C)C)C(C)C)C(=O)OCCOC(=O)Cc2ccc(OC(=O)CCCCCCC/C=C\CCCCCCCC)cc2)NC(=O)CN(C(C)C)C(C)C)cc1. The van der Waals surface area contributed by atoms with Gasteiger partial charge in [-0.3, -0.25) is 38.6 Å². The van der Waals surface area contributed by atoms with Crippen molar-refractivity contribution in [3.05, 3.63) is 84.0 Å². The van der Waals surface area contributed by atoms with E-state index in [-0.39, 0.29) is 100.0 Å². The zero-order valence-corrected chi connectivity index (χ0v) is 63.3. The Balaban J connectivity index is 1.87. The van der Waals surface area contributed by atoms with Crippen molar-refractivity contribution in [2.24, 2.45) is 0 Å². The molecule has 2 aromatic carbocycles. The molecule has 2 unspecified atom stereocenters. The highest BCUT2D eigenvalue weighted by molar-refractivity contribution is 8.76. The molecule has 0 aliphatic carbocycles. The maximum absolute atomic E-state index is 13.7. The Morgan fingerprint density at radius 2 is 0.663 bits per heavy atom. The lowest BCUT2D eigenvalue weighted by Crippen LogP contribution is -2.50. The summed E-state index contributed by atoms with van der Waals surface area (Å²) in [6, 6.07) is 11.2. The van der Waals surface area contributed by atoms with Gasteiger partial charge in [0.05, 0.1) is 25.9 Å². The van der Waals surface area contributed by atoms with Gasteiger partial charge >= 0.3 is 35.8 Å². The smallest absolute Gasteiger partial charge is 0.329 e. The van der Waals surface area contributed by atoms with E-state index < -0.39 is 47.8 Å². The van der Waals surface area contributed by atoms with Crippen LogP contribution in [-0.2, 0) is 70.1 Å². The number of carbonyl (C=O) groups excluding carboxylic acids is 8. The summed E-state index contributed by atoms with van der Waals surface area (Å²) in [6.07, 6.45) is 40.4. The first-order valence-corrected chi connectivity index (χ1v) is 39.6. The zero-order chi connectivity index (χ0) is 72.0. The topological polar surface area (TPSA) is 222 Å². The fourth-order valence-corrected chi connectivity index (χ4v) is 13.2. The van der Waals surface area contributed by atoms with Gasteiger partial charge in [0.2, 0.25) is 11.8 Å². The minimum absolute atomic E-state index is 0.00748. The second kappa shape index (κ2) is 57.0. The quantitative estimate of drug-likeness (QED) is 0.0157. The Hall–Kier alpha value is -5.70. The molecule has 2 N–H and O–H groups in total. The Morgan fingerprint density at radius 1 is 0.378 bits per heavy atom. The van der Waals surface area contributed by atoms with Gasteiger partial charge in [-0.2, -0.15) is 0 Å². The van der Waals surface area contributed by atoms with Crippen LogP contribution >= 0.6 is 21.6 Å². The average Bonchev–Trinajstić information content (AvgIpc) is 1.17. The minimum atomic E-state index is -1.14. The van der Waals surface area contributed by atoms with Crippen LogP contribution in [0.25, 0.3) is 0 Å². The van der Waals surface area contributed by atoms with Crippen LogP contribution in [0.5, 0.6) is 11.5 Å². The Labute approximate surface area is 597 Å². The summed E-state index contributed by atoms with van der Waals surface area (Å²) in [4.78, 5) is 109. The van der Waals surface area contributed by atoms with E-state index in [0.717, 1.165) is 77.0 Å². The number of benzene rings is 2. The van der Waals surface area contributed by atoms with Crippen LogP contribution in [0.1, 0.15) is 260 Å². The number of rotatable bonds is 59. The van der Waals surface area contributed by atoms with E-state index in [1.807, 2.05) is 65.2 Å². The molecule has 0 radical (unpaired) electrons. The maximum Gasteiger partial charge on any atom is 0.329 e. The van der Waals surface area contributed by atoms with Gasteiger partial charge in [0, 0.05) is 48.5 Å². The minimum Gasteiger partial charge on any atom is -0.462 e. The molecule has 2 atom stereocenters. The van der Waals surface area contributed by atoms with Crippen LogP contribution < -0.4 is 20.1 Å². The molecule has 0 spiro atoms. The van der Waals surface area contributed by atoms with E-state index in [4.69, 9.17) is 28.4 Å². The molecular weight excluding hydrogens is 1280 g/mol. The van der Waals surface area contributed by atoms with E-state index in [9.17, 15) is 38.4 Å². The molecule has 2 aromatic rings. The number of esters is 6. The zero-order valence-electron chi connectivity index (χ0n) is 61.7. The number of nitrogens with zero attached hydrogens (tertiary/aromatic N) is 2. The van der Waals surface area contributed by atoms with E-state index in [2.05, 4.69) is 48.8 Å². The Morgan fingerprint density at radius 3 is 0.969 bits per heavy atom. The lowest BCUT2D eigenvalue weighted by Gasteiger charge is -2.30. The monoisotopic (exact) mass is 1410 g/mol. The molecular formula is C78H126N4O14S2. The van der Waals surface area contributed by atoms with Gasteiger partial charge in [-0.15, -0.1) is 0 Å². The molecule has 0 aliphatic heterocycles. The molecule has 0 saturated heterocycles. The summed E-state index contributed by atoms with van der Waals surface area (Å²) >= 11 is 0. The normalized spacial score (nSPS) is 12.3. The molecule has 554 valence electrons. The largest absolute Gasteiger partial charge is 0.462 e. The maximum atomic E-state index is 13.7. The van der Waals surface area contributed by atoms with Crippen molar-refractivity contribution in [2.45, 2.75) is 298 Å². The summed E-state index contributed by atoms with van der Waals surface area (Å²) in [7, 11) is 2.35. The Kier molecular flexibility index (Phi) is 51.4. The number of ether oxygens (including phenoxy) is 6. The third-order valence-corrected chi connectivity index (χ3v) is 19.0. The van der Waals surface area contributed by atoms with Gasteiger partial charge < -0.3 is 39.1 Å². The molecule has 20 heteroatoms. The molecule has 18 nitrogen and oxygen atoms in total. The predicted molar refractivity (Wildman–Crippen MR) is 397 cm³/mol. The van der Waals surface area contributed by atoms with Crippen molar-refractivity contribution in [3.63, 3.8) is 0 Å². The lowest BCUT2D eigenvalue weighted by atomic mass is 10.1. The number of hydrogen-bond acceptors (Lipinski definition) is 18. The third-order valence-electron chi connectivity index (χ3n) is 16.6.